The molecule has 1 heterocycles. The van der Waals surface area contributed by atoms with E-state index in [-0.39, 0.29) is 0 Å². The van der Waals surface area contributed by atoms with E-state index in [1.165, 1.54) is 19.3 Å². The summed E-state index contributed by atoms with van der Waals surface area (Å²) in [6, 6.07) is 0. The number of aliphatic imine (C=N–C) groups is 1. The summed E-state index contributed by atoms with van der Waals surface area (Å²) in [5.41, 5.74) is 2.86. The molecule has 64 valence electrons. The smallest absolute Gasteiger partial charge is 0.120 e. The van der Waals surface area contributed by atoms with Crippen LogP contribution in [0.5, 0.6) is 0 Å². The maximum Gasteiger partial charge on any atom is 0.120 e. The van der Waals surface area contributed by atoms with Gasteiger partial charge in [-0.1, -0.05) is 6.42 Å². The van der Waals surface area contributed by atoms with E-state index in [0.717, 1.165) is 18.8 Å². The lowest BCUT2D eigenvalue weighted by molar-refractivity contribution is 0.0952. The van der Waals surface area contributed by atoms with Crippen molar-refractivity contribution in [1.82, 2.24) is 5.48 Å². The SMILES string of the molecule is CCONC1=NCCCCC1. The Morgan fingerprint density at radius 2 is 2.36 bits per heavy atom. The Bertz CT molecular complexity index is 134. The summed E-state index contributed by atoms with van der Waals surface area (Å²) in [5.74, 6) is 1.02. The molecule has 0 saturated carbocycles. The van der Waals surface area contributed by atoms with Crippen molar-refractivity contribution in [3.8, 4) is 0 Å². The van der Waals surface area contributed by atoms with E-state index in [4.69, 9.17) is 4.84 Å². The lowest BCUT2D eigenvalue weighted by atomic mass is 10.2. The lowest BCUT2D eigenvalue weighted by Gasteiger charge is -2.05. The number of hydrogen-bond acceptors (Lipinski definition) is 3. The Hall–Kier alpha value is -0.570. The van der Waals surface area contributed by atoms with Crippen LogP contribution in [0.25, 0.3) is 0 Å². The van der Waals surface area contributed by atoms with E-state index in [1.807, 2.05) is 6.92 Å². The van der Waals surface area contributed by atoms with Crippen molar-refractivity contribution in [2.45, 2.75) is 32.6 Å². The molecule has 0 atom stereocenters. The molecule has 0 aromatic carbocycles. The minimum absolute atomic E-state index is 0.693. The van der Waals surface area contributed by atoms with E-state index in [9.17, 15) is 0 Å². The van der Waals surface area contributed by atoms with Gasteiger partial charge >= 0.3 is 0 Å². The van der Waals surface area contributed by atoms with E-state index in [1.54, 1.807) is 0 Å². The monoisotopic (exact) mass is 156 g/mol. The Balaban J connectivity index is 2.23. The van der Waals surface area contributed by atoms with Crippen LogP contribution < -0.4 is 5.48 Å². The van der Waals surface area contributed by atoms with Crippen molar-refractivity contribution in [3.63, 3.8) is 0 Å². The second-order valence-corrected chi connectivity index (χ2v) is 2.67. The fraction of sp³-hybridized carbons (Fsp3) is 0.875. The lowest BCUT2D eigenvalue weighted by Crippen LogP contribution is -2.23. The van der Waals surface area contributed by atoms with E-state index >= 15 is 0 Å². The van der Waals surface area contributed by atoms with Gasteiger partial charge in [0, 0.05) is 13.0 Å². The van der Waals surface area contributed by atoms with E-state index < -0.39 is 0 Å². The number of amidine groups is 1. The van der Waals surface area contributed by atoms with Gasteiger partial charge in [-0.05, 0) is 19.8 Å². The second kappa shape index (κ2) is 5.13. The van der Waals surface area contributed by atoms with Gasteiger partial charge in [-0.15, -0.1) is 0 Å². The fourth-order valence-electron chi connectivity index (χ4n) is 1.11. The van der Waals surface area contributed by atoms with Gasteiger partial charge in [0.1, 0.15) is 5.84 Å². The maximum atomic E-state index is 5.05. The molecule has 3 heteroatoms. The molecule has 0 aromatic heterocycles. The van der Waals surface area contributed by atoms with Gasteiger partial charge in [0.15, 0.2) is 0 Å². The molecular weight excluding hydrogens is 140 g/mol. The number of rotatable bonds is 2. The van der Waals surface area contributed by atoms with Crippen molar-refractivity contribution in [3.05, 3.63) is 0 Å². The van der Waals surface area contributed by atoms with Crippen molar-refractivity contribution in [2.24, 2.45) is 4.99 Å². The van der Waals surface area contributed by atoms with E-state index in [0.29, 0.717) is 6.61 Å². The van der Waals surface area contributed by atoms with Crippen LogP contribution in [0.15, 0.2) is 4.99 Å². The number of nitrogens with one attached hydrogen (secondary N) is 1. The van der Waals surface area contributed by atoms with Gasteiger partial charge in [-0.25, -0.2) is 0 Å². The number of hydrogen-bond donors (Lipinski definition) is 1. The molecule has 1 aliphatic rings. The first kappa shape index (κ1) is 8.53. The minimum Gasteiger partial charge on any atom is -0.275 e. The van der Waals surface area contributed by atoms with Gasteiger partial charge in [0.05, 0.1) is 6.61 Å². The number of hydroxylamine groups is 1. The van der Waals surface area contributed by atoms with Gasteiger partial charge in [-0.3, -0.25) is 15.3 Å². The first-order valence-electron chi connectivity index (χ1n) is 4.34. The molecule has 0 aliphatic carbocycles. The maximum absolute atomic E-state index is 5.05. The van der Waals surface area contributed by atoms with Crippen molar-refractivity contribution >= 4 is 5.84 Å². The first-order valence-corrected chi connectivity index (χ1v) is 4.34. The van der Waals surface area contributed by atoms with Crippen LogP contribution in [-0.4, -0.2) is 19.0 Å². The predicted molar refractivity (Wildman–Crippen MR) is 45.5 cm³/mol. The molecule has 1 N–H and O–H groups in total. The van der Waals surface area contributed by atoms with E-state index in [2.05, 4.69) is 10.5 Å². The van der Waals surface area contributed by atoms with Crippen LogP contribution in [0.4, 0.5) is 0 Å². The number of nitrogens with zero attached hydrogens (tertiary/aromatic N) is 1. The molecule has 1 aliphatic heterocycles. The molecule has 0 saturated heterocycles. The van der Waals surface area contributed by atoms with Gasteiger partial charge in [-0.2, -0.15) is 0 Å². The zero-order valence-electron chi connectivity index (χ0n) is 7.10. The third-order valence-corrected chi connectivity index (χ3v) is 1.71. The molecule has 0 unspecified atom stereocenters. The summed E-state index contributed by atoms with van der Waals surface area (Å²) < 4.78 is 0. The summed E-state index contributed by atoms with van der Waals surface area (Å²) >= 11 is 0. The van der Waals surface area contributed by atoms with Crippen molar-refractivity contribution in [2.75, 3.05) is 13.2 Å². The molecule has 0 radical (unpaired) electrons. The summed E-state index contributed by atoms with van der Waals surface area (Å²) in [6.45, 7) is 3.61. The second-order valence-electron chi connectivity index (χ2n) is 2.67. The van der Waals surface area contributed by atoms with Crippen LogP contribution in [0.3, 0.4) is 0 Å². The Morgan fingerprint density at radius 1 is 1.45 bits per heavy atom. The standard InChI is InChI=1S/C8H16N2O/c1-2-11-10-8-6-4-3-5-7-9-8/h2-7H2,1H3,(H,9,10). The summed E-state index contributed by atoms with van der Waals surface area (Å²) in [4.78, 5) is 9.39. The predicted octanol–water partition coefficient (Wildman–Crippen LogP) is 1.50. The molecule has 0 spiro atoms. The third kappa shape index (κ3) is 3.37. The largest absolute Gasteiger partial charge is 0.275 e. The van der Waals surface area contributed by atoms with Crippen molar-refractivity contribution in [1.29, 1.82) is 0 Å². The molecule has 0 fully saturated rings. The Kier molecular flexibility index (Phi) is 3.98. The molecule has 0 amide bonds. The highest BCUT2D eigenvalue weighted by atomic mass is 16.6. The molecule has 0 bridgehead atoms. The third-order valence-electron chi connectivity index (χ3n) is 1.71. The normalized spacial score (nSPS) is 18.8. The zero-order chi connectivity index (χ0) is 7.94. The minimum atomic E-state index is 0.693. The zero-order valence-corrected chi connectivity index (χ0v) is 7.10. The topological polar surface area (TPSA) is 33.6 Å². The molecule has 3 nitrogen and oxygen atoms in total. The Labute approximate surface area is 67.8 Å². The summed E-state index contributed by atoms with van der Waals surface area (Å²) in [7, 11) is 0. The highest BCUT2D eigenvalue weighted by Crippen LogP contribution is 2.05. The highest BCUT2D eigenvalue weighted by molar-refractivity contribution is 5.81. The quantitative estimate of drug-likeness (QED) is 0.615. The van der Waals surface area contributed by atoms with Gasteiger partial charge in [0.2, 0.25) is 0 Å². The van der Waals surface area contributed by atoms with Crippen molar-refractivity contribution < 1.29 is 4.84 Å². The fourth-order valence-corrected chi connectivity index (χ4v) is 1.11. The van der Waals surface area contributed by atoms with Crippen LogP contribution >= 0.6 is 0 Å². The average molecular weight is 156 g/mol. The molecule has 11 heavy (non-hydrogen) atoms. The van der Waals surface area contributed by atoms with Gasteiger partial charge < -0.3 is 0 Å². The van der Waals surface area contributed by atoms with Crippen LogP contribution in [0, 0.1) is 0 Å². The highest BCUT2D eigenvalue weighted by Gasteiger charge is 2.02. The summed E-state index contributed by atoms with van der Waals surface area (Å²) in [6.07, 6.45) is 4.79. The Morgan fingerprint density at radius 3 is 3.18 bits per heavy atom. The summed E-state index contributed by atoms with van der Waals surface area (Å²) in [5, 5.41) is 0. The average Bonchev–Trinajstić information content (AvgIpc) is 2.28. The first-order chi connectivity index (χ1) is 5.43. The van der Waals surface area contributed by atoms with Crippen LogP contribution in [0.1, 0.15) is 32.6 Å². The molecule has 1 rings (SSSR count). The molecular formula is C8H16N2O. The molecule has 0 aromatic rings. The van der Waals surface area contributed by atoms with Gasteiger partial charge in [0.25, 0.3) is 0 Å². The van der Waals surface area contributed by atoms with Crippen LogP contribution in [0.2, 0.25) is 0 Å². The van der Waals surface area contributed by atoms with Crippen LogP contribution in [-0.2, 0) is 4.84 Å².